The molecule has 21 heavy (non-hydrogen) atoms. The Morgan fingerprint density at radius 3 is 2.48 bits per heavy atom. The van der Waals surface area contributed by atoms with Gasteiger partial charge in [0.25, 0.3) is 0 Å². The Kier molecular flexibility index (Phi) is 4.64. The molecule has 2 rings (SSSR count). The number of nitrogens with one attached hydrogen (secondary N) is 2. The molecule has 114 valence electrons. The molecule has 0 bridgehead atoms. The van der Waals surface area contributed by atoms with Crippen molar-refractivity contribution in [1.29, 1.82) is 0 Å². The average Bonchev–Trinajstić information content (AvgIpc) is 3.22. The van der Waals surface area contributed by atoms with Crippen molar-refractivity contribution in [3.8, 4) is 0 Å². The van der Waals surface area contributed by atoms with E-state index in [2.05, 4.69) is 16.6 Å². The number of rotatable bonds is 8. The first-order valence-corrected chi connectivity index (χ1v) is 8.13. The third-order valence-corrected chi connectivity index (χ3v) is 4.64. The summed E-state index contributed by atoms with van der Waals surface area (Å²) in [5.74, 6) is -0.984. The van der Waals surface area contributed by atoms with Crippen LogP contribution in [0.2, 0.25) is 0 Å². The fraction of sp³-hybridized carbons (Fsp3) is 0.357. The number of carboxylic acids is 1. The Morgan fingerprint density at radius 2 is 2.00 bits per heavy atom. The lowest BCUT2D eigenvalue weighted by atomic mass is 10.2. The van der Waals surface area contributed by atoms with E-state index in [4.69, 9.17) is 5.11 Å². The molecule has 1 aromatic rings. The smallest absolute Gasteiger partial charge is 0.326 e. The fourth-order valence-corrected chi connectivity index (χ4v) is 3.11. The molecule has 3 N–H and O–H groups in total. The summed E-state index contributed by atoms with van der Waals surface area (Å²) in [5.41, 5.74) is 0.551. The van der Waals surface area contributed by atoms with Crippen molar-refractivity contribution in [1.82, 2.24) is 4.72 Å². The van der Waals surface area contributed by atoms with Gasteiger partial charge in [0.05, 0.1) is 4.90 Å². The van der Waals surface area contributed by atoms with E-state index in [-0.39, 0.29) is 17.4 Å². The average molecular weight is 310 g/mol. The Bertz CT molecular complexity index is 621. The number of carbonyl (C=O) groups is 1. The molecule has 1 aromatic carbocycles. The van der Waals surface area contributed by atoms with Crippen LogP contribution in [-0.2, 0) is 14.8 Å². The molecular weight excluding hydrogens is 292 g/mol. The molecule has 0 aromatic heterocycles. The molecule has 7 heteroatoms. The highest BCUT2D eigenvalue weighted by Gasteiger charge is 2.27. The van der Waals surface area contributed by atoms with Crippen molar-refractivity contribution in [3.63, 3.8) is 0 Å². The monoisotopic (exact) mass is 310 g/mol. The van der Waals surface area contributed by atoms with Crippen molar-refractivity contribution >= 4 is 21.7 Å². The van der Waals surface area contributed by atoms with Crippen LogP contribution >= 0.6 is 0 Å². The molecule has 6 nitrogen and oxygen atoms in total. The highest BCUT2D eigenvalue weighted by Crippen LogP contribution is 2.23. The SMILES string of the molecule is C=CCC(Nc1ccc(S(=O)(=O)NC2CC2)cc1)C(=O)O. The predicted molar refractivity (Wildman–Crippen MR) is 79.6 cm³/mol. The maximum absolute atomic E-state index is 12.0. The highest BCUT2D eigenvalue weighted by molar-refractivity contribution is 7.89. The zero-order valence-electron chi connectivity index (χ0n) is 11.5. The standard InChI is InChI=1S/C14H18N2O4S/c1-2-3-13(14(17)18)15-10-6-8-12(9-7-10)21(19,20)16-11-4-5-11/h2,6-9,11,13,15-16H,1,3-5H2,(H,17,18). The van der Waals surface area contributed by atoms with Gasteiger partial charge < -0.3 is 10.4 Å². The Hall–Kier alpha value is -1.86. The van der Waals surface area contributed by atoms with E-state index in [0.717, 1.165) is 12.8 Å². The number of anilines is 1. The Morgan fingerprint density at radius 1 is 1.38 bits per heavy atom. The first kappa shape index (κ1) is 15.5. The van der Waals surface area contributed by atoms with Crippen LogP contribution in [0.4, 0.5) is 5.69 Å². The summed E-state index contributed by atoms with van der Waals surface area (Å²) in [4.78, 5) is 11.2. The molecule has 1 fully saturated rings. The van der Waals surface area contributed by atoms with Gasteiger partial charge in [-0.05, 0) is 43.5 Å². The molecule has 1 aliphatic rings. The van der Waals surface area contributed by atoms with Gasteiger partial charge in [0.2, 0.25) is 10.0 Å². The van der Waals surface area contributed by atoms with Crippen molar-refractivity contribution < 1.29 is 18.3 Å². The van der Waals surface area contributed by atoms with Crippen LogP contribution < -0.4 is 10.0 Å². The minimum atomic E-state index is -3.48. The summed E-state index contributed by atoms with van der Waals surface area (Å²) in [5, 5.41) is 11.9. The van der Waals surface area contributed by atoms with Crippen molar-refractivity contribution in [3.05, 3.63) is 36.9 Å². The van der Waals surface area contributed by atoms with Gasteiger partial charge in [0.1, 0.15) is 6.04 Å². The van der Waals surface area contributed by atoms with E-state index in [1.54, 1.807) is 12.1 Å². The lowest BCUT2D eigenvalue weighted by molar-refractivity contribution is -0.137. The van der Waals surface area contributed by atoms with E-state index in [1.165, 1.54) is 18.2 Å². The van der Waals surface area contributed by atoms with Crippen molar-refractivity contribution in [2.75, 3.05) is 5.32 Å². The third kappa shape index (κ3) is 4.30. The number of carboxylic acid groups (broad SMARTS) is 1. The molecule has 0 saturated heterocycles. The topological polar surface area (TPSA) is 95.5 Å². The molecule has 0 amide bonds. The minimum absolute atomic E-state index is 0.0526. The Balaban J connectivity index is 2.07. The molecule has 1 saturated carbocycles. The Labute approximate surface area is 123 Å². The van der Waals surface area contributed by atoms with E-state index in [0.29, 0.717) is 5.69 Å². The molecule has 0 aliphatic heterocycles. The van der Waals surface area contributed by atoms with Gasteiger partial charge in [-0.3, -0.25) is 0 Å². The normalized spacial score (nSPS) is 16.2. The van der Waals surface area contributed by atoms with E-state index < -0.39 is 22.0 Å². The molecule has 1 unspecified atom stereocenters. The first-order chi connectivity index (χ1) is 9.92. The molecule has 1 aliphatic carbocycles. The molecule has 0 heterocycles. The van der Waals surface area contributed by atoms with Gasteiger partial charge in [-0.1, -0.05) is 6.08 Å². The van der Waals surface area contributed by atoms with E-state index in [1.807, 2.05) is 0 Å². The van der Waals surface area contributed by atoms with Gasteiger partial charge in [-0.25, -0.2) is 17.9 Å². The van der Waals surface area contributed by atoms with Crippen LogP contribution in [0.1, 0.15) is 19.3 Å². The highest BCUT2D eigenvalue weighted by atomic mass is 32.2. The zero-order valence-corrected chi connectivity index (χ0v) is 12.3. The van der Waals surface area contributed by atoms with Crippen molar-refractivity contribution in [2.45, 2.75) is 36.2 Å². The summed E-state index contributed by atoms with van der Waals surface area (Å²) in [7, 11) is -3.48. The summed E-state index contributed by atoms with van der Waals surface area (Å²) in [6.07, 6.45) is 3.55. The van der Waals surface area contributed by atoms with Crippen LogP contribution in [0.3, 0.4) is 0 Å². The number of benzene rings is 1. The summed E-state index contributed by atoms with van der Waals surface area (Å²) in [6, 6.07) is 5.30. The molecule has 0 spiro atoms. The summed E-state index contributed by atoms with van der Waals surface area (Å²) < 4.78 is 26.6. The third-order valence-electron chi connectivity index (χ3n) is 3.11. The second-order valence-corrected chi connectivity index (χ2v) is 6.69. The minimum Gasteiger partial charge on any atom is -0.480 e. The quantitative estimate of drug-likeness (QED) is 0.633. The number of aliphatic carboxylic acids is 1. The van der Waals surface area contributed by atoms with Crippen LogP contribution in [0.15, 0.2) is 41.8 Å². The van der Waals surface area contributed by atoms with Crippen LogP contribution in [-0.4, -0.2) is 31.6 Å². The zero-order chi connectivity index (χ0) is 15.5. The summed E-state index contributed by atoms with van der Waals surface area (Å²) in [6.45, 7) is 3.51. The maximum Gasteiger partial charge on any atom is 0.326 e. The lowest BCUT2D eigenvalue weighted by Crippen LogP contribution is -2.28. The molecule has 0 radical (unpaired) electrons. The maximum atomic E-state index is 12.0. The predicted octanol–water partition coefficient (Wildman–Crippen LogP) is 1.57. The van der Waals surface area contributed by atoms with Gasteiger partial charge in [0, 0.05) is 11.7 Å². The largest absolute Gasteiger partial charge is 0.480 e. The number of hydrogen-bond donors (Lipinski definition) is 3. The van der Waals surface area contributed by atoms with Gasteiger partial charge in [-0.2, -0.15) is 0 Å². The van der Waals surface area contributed by atoms with Crippen LogP contribution in [0, 0.1) is 0 Å². The van der Waals surface area contributed by atoms with Gasteiger partial charge in [0.15, 0.2) is 0 Å². The van der Waals surface area contributed by atoms with Gasteiger partial charge >= 0.3 is 5.97 Å². The first-order valence-electron chi connectivity index (χ1n) is 6.65. The van der Waals surface area contributed by atoms with E-state index in [9.17, 15) is 13.2 Å². The van der Waals surface area contributed by atoms with Crippen LogP contribution in [0.25, 0.3) is 0 Å². The number of sulfonamides is 1. The number of hydrogen-bond acceptors (Lipinski definition) is 4. The lowest BCUT2D eigenvalue weighted by Gasteiger charge is -2.14. The van der Waals surface area contributed by atoms with Crippen LogP contribution in [0.5, 0.6) is 0 Å². The van der Waals surface area contributed by atoms with Gasteiger partial charge in [-0.15, -0.1) is 6.58 Å². The van der Waals surface area contributed by atoms with Crippen molar-refractivity contribution in [2.24, 2.45) is 0 Å². The molecular formula is C14H18N2O4S. The molecule has 1 atom stereocenters. The second kappa shape index (κ2) is 6.28. The fourth-order valence-electron chi connectivity index (χ4n) is 1.81. The van der Waals surface area contributed by atoms with E-state index >= 15 is 0 Å². The summed E-state index contributed by atoms with van der Waals surface area (Å²) >= 11 is 0. The second-order valence-electron chi connectivity index (χ2n) is 4.98.